The van der Waals surface area contributed by atoms with Gasteiger partial charge < -0.3 is 9.67 Å². The monoisotopic (exact) mass is 372 g/mol. The predicted octanol–water partition coefficient (Wildman–Crippen LogP) is 3.61. The molecule has 0 fully saturated rings. The first-order valence-corrected chi connectivity index (χ1v) is 7.25. The fourth-order valence-corrected chi connectivity index (χ4v) is 3.14. The Kier molecular flexibility index (Phi) is 4.59. The summed E-state index contributed by atoms with van der Waals surface area (Å²) in [5.74, 6) is 0.988. The van der Waals surface area contributed by atoms with Crippen LogP contribution in [0.25, 0.3) is 0 Å². The number of nitrogens with zero attached hydrogens (tertiary/aromatic N) is 2. The van der Waals surface area contributed by atoms with Crippen molar-refractivity contribution in [3.63, 3.8) is 0 Å². The number of imidazole rings is 1. The summed E-state index contributed by atoms with van der Waals surface area (Å²) in [7, 11) is 1.96. The Hall–Kier alpha value is -0.650. The Morgan fingerprint density at radius 1 is 1.39 bits per heavy atom. The lowest BCUT2D eigenvalue weighted by Crippen LogP contribution is -2.04. The Labute approximate surface area is 123 Å². The van der Waals surface area contributed by atoms with E-state index in [0.717, 1.165) is 26.8 Å². The summed E-state index contributed by atoms with van der Waals surface area (Å²) in [6, 6.07) is 5.81. The van der Waals surface area contributed by atoms with Crippen molar-refractivity contribution < 1.29 is 5.11 Å². The average molecular weight is 374 g/mol. The van der Waals surface area contributed by atoms with Gasteiger partial charge in [-0.05, 0) is 24.1 Å². The van der Waals surface area contributed by atoms with Crippen LogP contribution in [0.1, 0.15) is 23.9 Å². The van der Waals surface area contributed by atoms with E-state index in [-0.39, 0.29) is 0 Å². The Morgan fingerprint density at radius 2 is 2.17 bits per heavy atom. The van der Waals surface area contributed by atoms with Gasteiger partial charge in [-0.2, -0.15) is 0 Å². The van der Waals surface area contributed by atoms with Gasteiger partial charge >= 0.3 is 0 Å². The molecule has 0 amide bonds. The molecule has 1 aromatic carbocycles. The Bertz CT molecular complexity index is 540. The molecule has 0 saturated heterocycles. The number of hydrogen-bond donors (Lipinski definition) is 1. The van der Waals surface area contributed by atoms with E-state index >= 15 is 0 Å². The van der Waals surface area contributed by atoms with Gasteiger partial charge in [-0.15, -0.1) is 0 Å². The molecule has 0 saturated carbocycles. The highest BCUT2D eigenvalue weighted by molar-refractivity contribution is 9.11. The van der Waals surface area contributed by atoms with Gasteiger partial charge in [0.25, 0.3) is 0 Å². The molecule has 1 atom stereocenters. The van der Waals surface area contributed by atoms with E-state index in [9.17, 15) is 5.11 Å². The third-order valence-corrected chi connectivity index (χ3v) is 4.06. The zero-order valence-corrected chi connectivity index (χ0v) is 13.1. The molecule has 5 heteroatoms. The smallest absolute Gasteiger partial charge is 0.108 e. The molecular formula is C13H14Br2N2O. The summed E-state index contributed by atoms with van der Waals surface area (Å²) in [5, 5.41) is 10.2. The summed E-state index contributed by atoms with van der Waals surface area (Å²) in [5.41, 5.74) is 0.910. The highest BCUT2D eigenvalue weighted by Crippen LogP contribution is 2.29. The van der Waals surface area contributed by atoms with E-state index in [1.807, 2.05) is 36.0 Å². The largest absolute Gasteiger partial charge is 0.388 e. The van der Waals surface area contributed by atoms with Gasteiger partial charge in [0.2, 0.25) is 0 Å². The molecule has 3 nitrogen and oxygen atoms in total. The maximum atomic E-state index is 10.2. The second-order valence-corrected chi connectivity index (χ2v) is 5.94. The number of aryl methyl sites for hydroxylation is 2. The van der Waals surface area contributed by atoms with Gasteiger partial charge in [0.1, 0.15) is 5.82 Å². The first-order valence-electron chi connectivity index (χ1n) is 5.67. The summed E-state index contributed by atoms with van der Waals surface area (Å²) in [4.78, 5) is 4.25. The van der Waals surface area contributed by atoms with E-state index < -0.39 is 6.10 Å². The van der Waals surface area contributed by atoms with Crippen LogP contribution < -0.4 is 0 Å². The van der Waals surface area contributed by atoms with Crippen LogP contribution in [0.4, 0.5) is 0 Å². The van der Waals surface area contributed by atoms with Crippen molar-refractivity contribution in [2.75, 3.05) is 0 Å². The molecule has 1 N–H and O–H groups in total. The van der Waals surface area contributed by atoms with Crippen molar-refractivity contribution in [1.29, 1.82) is 0 Å². The molecule has 0 aliphatic heterocycles. The Morgan fingerprint density at radius 3 is 2.78 bits per heavy atom. The zero-order valence-electron chi connectivity index (χ0n) is 9.98. The molecule has 1 unspecified atom stereocenters. The topological polar surface area (TPSA) is 38.0 Å². The molecule has 0 aliphatic rings. The lowest BCUT2D eigenvalue weighted by Gasteiger charge is -2.13. The van der Waals surface area contributed by atoms with Crippen molar-refractivity contribution in [2.45, 2.75) is 18.9 Å². The number of aromatic nitrogens is 2. The zero-order chi connectivity index (χ0) is 13.1. The number of halogens is 2. The molecule has 0 radical (unpaired) electrons. The first-order chi connectivity index (χ1) is 8.58. The van der Waals surface area contributed by atoms with Gasteiger partial charge in [0, 0.05) is 34.8 Å². The Balaban J connectivity index is 2.03. The summed E-state index contributed by atoms with van der Waals surface area (Å²) >= 11 is 6.87. The highest BCUT2D eigenvalue weighted by Gasteiger charge is 2.12. The third kappa shape index (κ3) is 3.22. The summed E-state index contributed by atoms with van der Waals surface area (Å²) < 4.78 is 3.89. The average Bonchev–Trinajstić information content (AvgIpc) is 2.72. The lowest BCUT2D eigenvalue weighted by molar-refractivity contribution is 0.166. The van der Waals surface area contributed by atoms with Crippen LogP contribution in [-0.4, -0.2) is 14.7 Å². The lowest BCUT2D eigenvalue weighted by atomic mass is 10.0. The van der Waals surface area contributed by atoms with Crippen LogP contribution in [0.5, 0.6) is 0 Å². The number of aliphatic hydroxyl groups is 1. The van der Waals surface area contributed by atoms with E-state index in [1.165, 1.54) is 0 Å². The minimum absolute atomic E-state index is 0.482. The van der Waals surface area contributed by atoms with Crippen molar-refractivity contribution in [3.05, 3.63) is 50.9 Å². The van der Waals surface area contributed by atoms with Gasteiger partial charge in [0.05, 0.1) is 6.10 Å². The van der Waals surface area contributed by atoms with Crippen LogP contribution >= 0.6 is 31.9 Å². The molecule has 96 valence electrons. The quantitative estimate of drug-likeness (QED) is 0.888. The molecule has 1 heterocycles. The number of hydrogen-bond acceptors (Lipinski definition) is 2. The fourth-order valence-electron chi connectivity index (χ4n) is 1.83. The number of benzene rings is 1. The normalized spacial score (nSPS) is 12.7. The molecular weight excluding hydrogens is 360 g/mol. The summed E-state index contributed by atoms with van der Waals surface area (Å²) in [6.07, 6.45) is 4.62. The van der Waals surface area contributed by atoms with Crippen LogP contribution in [0.15, 0.2) is 39.5 Å². The van der Waals surface area contributed by atoms with Crippen molar-refractivity contribution in [2.24, 2.45) is 7.05 Å². The van der Waals surface area contributed by atoms with E-state index in [1.54, 1.807) is 6.20 Å². The molecule has 2 aromatic rings. The minimum atomic E-state index is -0.482. The molecule has 1 aromatic heterocycles. The summed E-state index contributed by atoms with van der Waals surface area (Å²) in [6.45, 7) is 0. The molecule has 2 rings (SSSR count). The molecule has 0 aliphatic carbocycles. The standard InChI is InChI=1S/C13H14Br2N2O/c1-17-7-6-16-13(17)5-4-12(18)10-3-2-9(14)8-11(10)15/h2-3,6-8,12,18H,4-5H2,1H3. The fraction of sp³-hybridized carbons (Fsp3) is 0.308. The van der Waals surface area contributed by atoms with Crippen LogP contribution in [0, 0.1) is 0 Å². The van der Waals surface area contributed by atoms with Gasteiger partial charge in [-0.1, -0.05) is 37.9 Å². The molecule has 18 heavy (non-hydrogen) atoms. The van der Waals surface area contributed by atoms with Crippen molar-refractivity contribution in [1.82, 2.24) is 9.55 Å². The van der Waals surface area contributed by atoms with Crippen LogP contribution in [0.2, 0.25) is 0 Å². The van der Waals surface area contributed by atoms with Crippen molar-refractivity contribution in [3.8, 4) is 0 Å². The van der Waals surface area contributed by atoms with Gasteiger partial charge in [-0.25, -0.2) is 4.98 Å². The van der Waals surface area contributed by atoms with Gasteiger partial charge in [-0.3, -0.25) is 0 Å². The van der Waals surface area contributed by atoms with E-state index in [4.69, 9.17) is 0 Å². The SMILES string of the molecule is Cn1ccnc1CCC(O)c1ccc(Br)cc1Br. The number of rotatable bonds is 4. The third-order valence-electron chi connectivity index (χ3n) is 2.88. The highest BCUT2D eigenvalue weighted by atomic mass is 79.9. The first kappa shape index (κ1) is 13.8. The minimum Gasteiger partial charge on any atom is -0.388 e. The van der Waals surface area contributed by atoms with Crippen LogP contribution in [0.3, 0.4) is 0 Å². The van der Waals surface area contributed by atoms with Crippen molar-refractivity contribution >= 4 is 31.9 Å². The van der Waals surface area contributed by atoms with E-state index in [0.29, 0.717) is 6.42 Å². The maximum Gasteiger partial charge on any atom is 0.108 e. The van der Waals surface area contributed by atoms with Gasteiger partial charge in [0.15, 0.2) is 0 Å². The molecule has 0 bridgehead atoms. The van der Waals surface area contributed by atoms with E-state index in [2.05, 4.69) is 36.8 Å². The number of aliphatic hydroxyl groups excluding tert-OH is 1. The second kappa shape index (κ2) is 5.99. The van der Waals surface area contributed by atoms with Crippen LogP contribution in [-0.2, 0) is 13.5 Å². The molecule has 0 spiro atoms. The second-order valence-electron chi connectivity index (χ2n) is 4.17. The maximum absolute atomic E-state index is 10.2. The predicted molar refractivity (Wildman–Crippen MR) is 78.3 cm³/mol.